The first-order chi connectivity index (χ1) is 9.26. The van der Waals surface area contributed by atoms with E-state index >= 15 is 0 Å². The summed E-state index contributed by atoms with van der Waals surface area (Å²) in [6, 6.07) is 7.18. The van der Waals surface area contributed by atoms with Crippen molar-refractivity contribution in [2.45, 2.75) is 39.7 Å². The molecule has 0 amide bonds. The number of ketones is 1. The van der Waals surface area contributed by atoms with Crippen LogP contribution < -0.4 is 0 Å². The Labute approximate surface area is 117 Å². The molecule has 0 aliphatic carbocycles. The monoisotopic (exact) mass is 274 g/mol. The highest BCUT2D eigenvalue weighted by molar-refractivity contribution is 5.97. The molecule has 0 aliphatic rings. The molecular formula is C16H18O4. The van der Waals surface area contributed by atoms with Crippen molar-refractivity contribution in [1.29, 1.82) is 0 Å². The van der Waals surface area contributed by atoms with Gasteiger partial charge in [0, 0.05) is 17.9 Å². The van der Waals surface area contributed by atoms with Crippen LogP contribution in [0.1, 0.15) is 43.8 Å². The van der Waals surface area contributed by atoms with E-state index < -0.39 is 5.60 Å². The second kappa shape index (κ2) is 5.12. The maximum absolute atomic E-state index is 11.9. The number of esters is 1. The van der Waals surface area contributed by atoms with Gasteiger partial charge < -0.3 is 9.15 Å². The van der Waals surface area contributed by atoms with Crippen LogP contribution >= 0.6 is 0 Å². The molecule has 106 valence electrons. The second-order valence-electron chi connectivity index (χ2n) is 5.77. The highest BCUT2D eigenvalue weighted by Crippen LogP contribution is 2.24. The lowest BCUT2D eigenvalue weighted by Crippen LogP contribution is -2.24. The number of benzene rings is 1. The molecule has 0 saturated heterocycles. The molecule has 1 aromatic heterocycles. The van der Waals surface area contributed by atoms with Gasteiger partial charge in [0.1, 0.15) is 11.2 Å². The van der Waals surface area contributed by atoms with E-state index in [0.29, 0.717) is 11.3 Å². The molecule has 0 atom stereocenters. The van der Waals surface area contributed by atoms with E-state index in [-0.39, 0.29) is 18.2 Å². The van der Waals surface area contributed by atoms with Crippen molar-refractivity contribution in [3.8, 4) is 0 Å². The highest BCUT2D eigenvalue weighted by Gasteiger charge is 2.19. The summed E-state index contributed by atoms with van der Waals surface area (Å²) in [5, 5.41) is 0.816. The number of carbonyl (C=O) groups is 2. The average molecular weight is 274 g/mol. The molecule has 0 N–H and O–H groups in total. The summed E-state index contributed by atoms with van der Waals surface area (Å²) in [5.74, 6) is -0.146. The topological polar surface area (TPSA) is 56.5 Å². The number of fused-ring (bicyclic) bond motifs is 1. The second-order valence-corrected chi connectivity index (χ2v) is 5.77. The molecule has 1 heterocycles. The van der Waals surface area contributed by atoms with Crippen LogP contribution in [0.3, 0.4) is 0 Å². The fourth-order valence-electron chi connectivity index (χ4n) is 1.97. The number of para-hydroxylation sites is 1. The van der Waals surface area contributed by atoms with Crippen molar-refractivity contribution in [3.05, 3.63) is 35.6 Å². The zero-order valence-corrected chi connectivity index (χ0v) is 12.1. The van der Waals surface area contributed by atoms with Crippen molar-refractivity contribution in [3.63, 3.8) is 0 Å². The van der Waals surface area contributed by atoms with Crippen LogP contribution in [0.2, 0.25) is 0 Å². The fourth-order valence-corrected chi connectivity index (χ4v) is 1.97. The molecule has 0 aliphatic heterocycles. The minimum Gasteiger partial charge on any atom is -0.460 e. The third kappa shape index (κ3) is 3.26. The predicted molar refractivity (Wildman–Crippen MR) is 75.8 cm³/mol. The summed E-state index contributed by atoms with van der Waals surface area (Å²) in [6.07, 6.45) is 0.124. The molecule has 4 heteroatoms. The van der Waals surface area contributed by atoms with Crippen molar-refractivity contribution >= 4 is 22.7 Å². The van der Waals surface area contributed by atoms with Gasteiger partial charge in [-0.25, -0.2) is 0 Å². The first-order valence-electron chi connectivity index (χ1n) is 6.50. The molecule has 20 heavy (non-hydrogen) atoms. The number of rotatable bonds is 3. The van der Waals surface area contributed by atoms with E-state index in [1.807, 2.05) is 32.9 Å². The summed E-state index contributed by atoms with van der Waals surface area (Å²) >= 11 is 0. The van der Waals surface area contributed by atoms with Crippen LogP contribution in [-0.4, -0.2) is 17.4 Å². The molecule has 2 aromatic rings. The van der Waals surface area contributed by atoms with Gasteiger partial charge in [-0.15, -0.1) is 0 Å². The summed E-state index contributed by atoms with van der Waals surface area (Å²) in [7, 11) is 0. The summed E-state index contributed by atoms with van der Waals surface area (Å²) in [5.41, 5.74) is 0.784. The standard InChI is InChI=1S/C16H18O4/c1-10(17)13-8-11-6-5-7-12(15(11)19-13)9-14(18)20-16(2,3)4/h5-8H,9H2,1-4H3. The van der Waals surface area contributed by atoms with Gasteiger partial charge in [0.05, 0.1) is 6.42 Å². The summed E-state index contributed by atoms with van der Waals surface area (Å²) < 4.78 is 10.8. The molecule has 0 bridgehead atoms. The first-order valence-corrected chi connectivity index (χ1v) is 6.50. The van der Waals surface area contributed by atoms with Gasteiger partial charge in [0.2, 0.25) is 0 Å². The van der Waals surface area contributed by atoms with Gasteiger partial charge in [-0.05, 0) is 26.8 Å². The maximum atomic E-state index is 11.9. The van der Waals surface area contributed by atoms with E-state index in [2.05, 4.69) is 0 Å². The van der Waals surface area contributed by atoms with Crippen LogP contribution in [0.5, 0.6) is 0 Å². The maximum Gasteiger partial charge on any atom is 0.310 e. The fraction of sp³-hybridized carbons (Fsp3) is 0.375. The minimum atomic E-state index is -0.515. The van der Waals surface area contributed by atoms with Gasteiger partial charge in [0.25, 0.3) is 0 Å². The molecule has 1 aromatic carbocycles. The van der Waals surface area contributed by atoms with Gasteiger partial charge in [-0.1, -0.05) is 18.2 Å². The molecular weight excluding hydrogens is 256 g/mol. The third-order valence-corrected chi connectivity index (χ3v) is 2.73. The van der Waals surface area contributed by atoms with Crippen molar-refractivity contribution in [2.24, 2.45) is 0 Å². The quantitative estimate of drug-likeness (QED) is 0.634. The van der Waals surface area contributed by atoms with Crippen LogP contribution in [0.25, 0.3) is 11.0 Å². The molecule has 0 unspecified atom stereocenters. The SMILES string of the molecule is CC(=O)c1cc2cccc(CC(=O)OC(C)(C)C)c2o1. The van der Waals surface area contributed by atoms with Gasteiger partial charge in [-0.3, -0.25) is 9.59 Å². The average Bonchev–Trinajstić information content (AvgIpc) is 2.71. The number of carbonyl (C=O) groups excluding carboxylic acids is 2. The lowest BCUT2D eigenvalue weighted by atomic mass is 10.1. The van der Waals surface area contributed by atoms with Crippen LogP contribution in [0.15, 0.2) is 28.7 Å². The van der Waals surface area contributed by atoms with Gasteiger partial charge >= 0.3 is 5.97 Å². The van der Waals surface area contributed by atoms with Gasteiger partial charge in [0.15, 0.2) is 11.5 Å². The summed E-state index contributed by atoms with van der Waals surface area (Å²) in [4.78, 5) is 23.2. The smallest absolute Gasteiger partial charge is 0.310 e. The zero-order valence-electron chi connectivity index (χ0n) is 12.1. The van der Waals surface area contributed by atoms with E-state index in [4.69, 9.17) is 9.15 Å². The van der Waals surface area contributed by atoms with Crippen LogP contribution in [-0.2, 0) is 16.0 Å². The Kier molecular flexibility index (Phi) is 3.66. The van der Waals surface area contributed by atoms with Gasteiger partial charge in [-0.2, -0.15) is 0 Å². The van der Waals surface area contributed by atoms with E-state index in [9.17, 15) is 9.59 Å². The number of furan rings is 1. The normalized spacial score (nSPS) is 11.6. The van der Waals surface area contributed by atoms with Crippen molar-refractivity contribution in [1.82, 2.24) is 0 Å². The Morgan fingerprint density at radius 1 is 1.25 bits per heavy atom. The Bertz CT molecular complexity index is 659. The lowest BCUT2D eigenvalue weighted by Gasteiger charge is -2.19. The van der Waals surface area contributed by atoms with Crippen LogP contribution in [0, 0.1) is 0 Å². The number of Topliss-reactive ketones (excluding diaryl/α,β-unsaturated/α-hetero) is 1. The lowest BCUT2D eigenvalue weighted by molar-refractivity contribution is -0.153. The van der Waals surface area contributed by atoms with E-state index in [1.165, 1.54) is 6.92 Å². The molecule has 0 spiro atoms. The number of ether oxygens (including phenoxy) is 1. The Balaban J connectivity index is 2.30. The largest absolute Gasteiger partial charge is 0.460 e. The number of hydrogen-bond acceptors (Lipinski definition) is 4. The molecule has 0 fully saturated rings. The third-order valence-electron chi connectivity index (χ3n) is 2.73. The van der Waals surface area contributed by atoms with E-state index in [0.717, 1.165) is 10.9 Å². The molecule has 0 saturated carbocycles. The van der Waals surface area contributed by atoms with E-state index in [1.54, 1.807) is 12.1 Å². The predicted octanol–water partition coefficient (Wildman–Crippen LogP) is 3.52. The molecule has 4 nitrogen and oxygen atoms in total. The van der Waals surface area contributed by atoms with Crippen molar-refractivity contribution in [2.75, 3.05) is 0 Å². The molecule has 0 radical (unpaired) electrons. The first kappa shape index (κ1) is 14.3. The Hall–Kier alpha value is -2.10. The number of hydrogen-bond donors (Lipinski definition) is 0. The Morgan fingerprint density at radius 3 is 2.55 bits per heavy atom. The summed E-state index contributed by atoms with van der Waals surface area (Å²) in [6.45, 7) is 6.93. The highest BCUT2D eigenvalue weighted by atomic mass is 16.6. The Morgan fingerprint density at radius 2 is 1.95 bits per heavy atom. The zero-order chi connectivity index (χ0) is 14.9. The van der Waals surface area contributed by atoms with Crippen LogP contribution in [0.4, 0.5) is 0 Å². The van der Waals surface area contributed by atoms with Crippen molar-refractivity contribution < 1.29 is 18.7 Å². The minimum absolute atomic E-state index is 0.124. The molecule has 2 rings (SSSR count).